The van der Waals surface area contributed by atoms with Gasteiger partial charge < -0.3 is 25.4 Å². The maximum absolute atomic E-state index is 13.4. The largest absolute Gasteiger partial charge is 0.449 e. The Morgan fingerprint density at radius 1 is 0.867 bits per heavy atom. The molecule has 0 fully saturated rings. The molecule has 0 radical (unpaired) electrons. The van der Waals surface area contributed by atoms with E-state index in [1.165, 1.54) is 11.3 Å². The molecule has 3 aromatic carbocycles. The number of aromatic nitrogens is 1. The number of amides is 3. The Morgan fingerprint density at radius 3 is 2.18 bits per heavy atom. The second-order valence-corrected chi connectivity index (χ2v) is 12.7. The Balaban J connectivity index is 1.20. The highest BCUT2D eigenvalue weighted by Crippen LogP contribution is 2.44. The summed E-state index contributed by atoms with van der Waals surface area (Å²) >= 11 is 1.31. The number of benzene rings is 3. The Morgan fingerprint density at radius 2 is 1.51 bits per heavy atom. The van der Waals surface area contributed by atoms with Crippen molar-refractivity contribution >= 4 is 34.6 Å². The number of alkyl carbamates (subject to hydrolysis) is 2. The number of nitrogens with one attached hydrogen (secondary N) is 3. The zero-order valence-corrected chi connectivity index (χ0v) is 26.5. The highest BCUT2D eigenvalue weighted by molar-refractivity contribution is 7.14. The standard InChI is InChI=1S/C35H38N4O5S/c1-35(2,3)44-33(41)36-20-12-11-19-29(31(40)39-32-37-30(22-45-32)23-13-5-4-6-14-23)38-34(42)43-21-28-26-17-9-7-15-24(26)25-16-8-10-18-27(25)28/h4-10,13-18,22,28-29H,11-12,19-21H2,1-3H3,(H,36,41)(H,38,42)(H,37,39,40)/t29-/m0/s1. The van der Waals surface area contributed by atoms with Gasteiger partial charge in [0.15, 0.2) is 5.13 Å². The first kappa shape index (κ1) is 31.7. The molecule has 5 rings (SSSR count). The average Bonchev–Trinajstić information content (AvgIpc) is 3.61. The summed E-state index contributed by atoms with van der Waals surface area (Å²) in [4.78, 5) is 43.0. The molecule has 9 nitrogen and oxygen atoms in total. The minimum Gasteiger partial charge on any atom is -0.449 e. The number of thiazole rings is 1. The smallest absolute Gasteiger partial charge is 0.407 e. The van der Waals surface area contributed by atoms with Gasteiger partial charge in [-0.05, 0) is 62.3 Å². The second-order valence-electron chi connectivity index (χ2n) is 11.8. The molecule has 1 aromatic heterocycles. The Bertz CT molecular complexity index is 1590. The fourth-order valence-corrected chi connectivity index (χ4v) is 6.02. The van der Waals surface area contributed by atoms with E-state index in [1.807, 2.05) is 60.0 Å². The molecule has 45 heavy (non-hydrogen) atoms. The third kappa shape index (κ3) is 8.48. The van der Waals surface area contributed by atoms with Crippen molar-refractivity contribution in [3.05, 3.63) is 95.4 Å². The first-order chi connectivity index (χ1) is 21.7. The van der Waals surface area contributed by atoms with Crippen molar-refractivity contribution in [2.45, 2.75) is 57.6 Å². The molecule has 4 aromatic rings. The van der Waals surface area contributed by atoms with E-state index in [0.29, 0.717) is 30.9 Å². The lowest BCUT2D eigenvalue weighted by atomic mass is 9.98. The number of anilines is 1. The van der Waals surface area contributed by atoms with Crippen molar-refractivity contribution in [3.8, 4) is 22.4 Å². The van der Waals surface area contributed by atoms with Crippen LogP contribution in [0.2, 0.25) is 0 Å². The van der Waals surface area contributed by atoms with Crippen LogP contribution in [-0.4, -0.2) is 47.9 Å². The summed E-state index contributed by atoms with van der Waals surface area (Å²) in [6.07, 6.45) is 0.317. The lowest BCUT2D eigenvalue weighted by molar-refractivity contribution is -0.118. The van der Waals surface area contributed by atoms with Gasteiger partial charge in [-0.15, -0.1) is 11.3 Å². The molecule has 1 atom stereocenters. The number of ether oxygens (including phenoxy) is 2. The lowest BCUT2D eigenvalue weighted by Gasteiger charge is -2.20. The van der Waals surface area contributed by atoms with Gasteiger partial charge in [0.1, 0.15) is 18.2 Å². The monoisotopic (exact) mass is 626 g/mol. The van der Waals surface area contributed by atoms with Gasteiger partial charge in [0.2, 0.25) is 5.91 Å². The van der Waals surface area contributed by atoms with Crippen molar-refractivity contribution in [3.63, 3.8) is 0 Å². The topological polar surface area (TPSA) is 119 Å². The summed E-state index contributed by atoms with van der Waals surface area (Å²) in [5.74, 6) is -0.487. The highest BCUT2D eigenvalue weighted by atomic mass is 32.1. The van der Waals surface area contributed by atoms with Crippen LogP contribution < -0.4 is 16.0 Å². The van der Waals surface area contributed by atoms with Gasteiger partial charge in [0.05, 0.1) is 5.69 Å². The number of hydrogen-bond donors (Lipinski definition) is 3. The summed E-state index contributed by atoms with van der Waals surface area (Å²) in [5.41, 5.74) is 5.60. The Labute approximate surface area is 267 Å². The molecule has 234 valence electrons. The molecule has 1 heterocycles. The normalized spacial score (nSPS) is 12.9. The van der Waals surface area contributed by atoms with Crippen LogP contribution in [0.15, 0.2) is 84.2 Å². The summed E-state index contributed by atoms with van der Waals surface area (Å²) in [6.45, 7) is 5.92. The van der Waals surface area contributed by atoms with E-state index in [9.17, 15) is 14.4 Å². The molecule has 1 aliphatic rings. The molecule has 0 saturated heterocycles. The van der Waals surface area contributed by atoms with E-state index in [2.05, 4.69) is 45.2 Å². The average molecular weight is 627 g/mol. The van der Waals surface area contributed by atoms with Crippen molar-refractivity contribution in [2.24, 2.45) is 0 Å². The number of carbonyl (C=O) groups excluding carboxylic acids is 3. The third-order valence-electron chi connectivity index (χ3n) is 7.34. The predicted molar refractivity (Wildman–Crippen MR) is 176 cm³/mol. The number of unbranched alkanes of at least 4 members (excludes halogenated alkanes) is 1. The zero-order valence-electron chi connectivity index (χ0n) is 25.7. The fraction of sp³-hybridized carbons (Fsp3) is 0.314. The van der Waals surface area contributed by atoms with E-state index in [1.54, 1.807) is 20.8 Å². The maximum Gasteiger partial charge on any atom is 0.407 e. The van der Waals surface area contributed by atoms with Crippen LogP contribution in [0.4, 0.5) is 14.7 Å². The molecule has 0 spiro atoms. The van der Waals surface area contributed by atoms with Gasteiger partial charge in [-0.25, -0.2) is 14.6 Å². The van der Waals surface area contributed by atoms with E-state index in [4.69, 9.17) is 9.47 Å². The first-order valence-electron chi connectivity index (χ1n) is 15.1. The van der Waals surface area contributed by atoms with E-state index in [0.717, 1.165) is 33.5 Å². The van der Waals surface area contributed by atoms with Crippen LogP contribution in [0.25, 0.3) is 22.4 Å². The van der Waals surface area contributed by atoms with Crippen molar-refractivity contribution < 1.29 is 23.9 Å². The summed E-state index contributed by atoms with van der Waals surface area (Å²) in [5, 5.41) is 10.7. The van der Waals surface area contributed by atoms with Gasteiger partial charge in [-0.1, -0.05) is 78.9 Å². The molecule has 0 bridgehead atoms. The van der Waals surface area contributed by atoms with Crippen molar-refractivity contribution in [1.29, 1.82) is 0 Å². The minimum absolute atomic E-state index is 0.0962. The molecule has 3 N–H and O–H groups in total. The van der Waals surface area contributed by atoms with Crippen molar-refractivity contribution in [2.75, 3.05) is 18.5 Å². The van der Waals surface area contributed by atoms with Crippen LogP contribution in [-0.2, 0) is 14.3 Å². The quantitative estimate of drug-likeness (QED) is 0.150. The summed E-state index contributed by atoms with van der Waals surface area (Å²) < 4.78 is 11.0. The van der Waals surface area contributed by atoms with Crippen LogP contribution in [0.5, 0.6) is 0 Å². The van der Waals surface area contributed by atoms with Gasteiger partial charge in [-0.3, -0.25) is 4.79 Å². The fourth-order valence-electron chi connectivity index (χ4n) is 5.29. The van der Waals surface area contributed by atoms with Gasteiger partial charge >= 0.3 is 12.2 Å². The van der Waals surface area contributed by atoms with Crippen LogP contribution in [0.3, 0.4) is 0 Å². The molecule has 0 aliphatic heterocycles. The lowest BCUT2D eigenvalue weighted by Crippen LogP contribution is -2.44. The van der Waals surface area contributed by atoms with Crippen LogP contribution in [0, 0.1) is 0 Å². The van der Waals surface area contributed by atoms with Gasteiger partial charge in [-0.2, -0.15) is 0 Å². The molecule has 0 saturated carbocycles. The number of carbonyl (C=O) groups is 3. The molecule has 3 amide bonds. The predicted octanol–water partition coefficient (Wildman–Crippen LogP) is 7.35. The highest BCUT2D eigenvalue weighted by Gasteiger charge is 2.30. The van der Waals surface area contributed by atoms with Crippen molar-refractivity contribution in [1.82, 2.24) is 15.6 Å². The number of fused-ring (bicyclic) bond motifs is 3. The SMILES string of the molecule is CC(C)(C)OC(=O)NCCCC[C@H](NC(=O)OCC1c2ccccc2-c2ccccc21)C(=O)Nc1nc(-c2ccccc2)cs1. The molecule has 1 aliphatic carbocycles. The van der Waals surface area contributed by atoms with Gasteiger partial charge in [0, 0.05) is 23.4 Å². The maximum atomic E-state index is 13.4. The van der Waals surface area contributed by atoms with Gasteiger partial charge in [0.25, 0.3) is 0 Å². The summed E-state index contributed by atoms with van der Waals surface area (Å²) in [7, 11) is 0. The Hall–Kier alpha value is -4.70. The zero-order chi connectivity index (χ0) is 31.8. The van der Waals surface area contributed by atoms with E-state index in [-0.39, 0.29) is 12.5 Å². The molecular formula is C35H38N4O5S. The number of rotatable bonds is 11. The molecular weight excluding hydrogens is 588 g/mol. The van der Waals surface area contributed by atoms with E-state index < -0.39 is 29.7 Å². The van der Waals surface area contributed by atoms with E-state index >= 15 is 0 Å². The Kier molecular flexibility index (Phi) is 10.1. The first-order valence-corrected chi connectivity index (χ1v) is 16.0. The second kappa shape index (κ2) is 14.4. The minimum atomic E-state index is -0.869. The number of hydrogen-bond acceptors (Lipinski definition) is 7. The number of nitrogens with zero attached hydrogens (tertiary/aromatic N) is 1. The van der Waals surface area contributed by atoms with Crippen LogP contribution >= 0.6 is 11.3 Å². The molecule has 10 heteroatoms. The molecule has 0 unspecified atom stereocenters. The van der Waals surface area contributed by atoms with Crippen LogP contribution in [0.1, 0.15) is 57.1 Å². The third-order valence-corrected chi connectivity index (χ3v) is 8.10. The summed E-state index contributed by atoms with van der Waals surface area (Å²) in [6, 6.07) is 25.1.